The number of hydrogen-bond donors (Lipinski definition) is 1. The van der Waals surface area contributed by atoms with Gasteiger partial charge in [0, 0.05) is 30.4 Å². The molecule has 0 unspecified atom stereocenters. The zero-order valence-corrected chi connectivity index (χ0v) is 12.9. The second-order valence-corrected chi connectivity index (χ2v) is 5.16. The number of pyridine rings is 1. The summed E-state index contributed by atoms with van der Waals surface area (Å²) >= 11 is 0. The normalized spacial score (nSPS) is 10.6. The lowest BCUT2D eigenvalue weighted by Gasteiger charge is -2.14. The van der Waals surface area contributed by atoms with E-state index in [9.17, 15) is 0 Å². The molecule has 0 saturated heterocycles. The van der Waals surface area contributed by atoms with Crippen molar-refractivity contribution in [3.8, 4) is 5.75 Å². The largest absolute Gasteiger partial charge is 0.493 e. The predicted octanol–water partition coefficient (Wildman–Crippen LogP) is 3.51. The SMILES string of the molecule is CCCNCc1cccc(C)c1OCCc1ccccn1. The second-order valence-electron chi connectivity index (χ2n) is 5.16. The lowest BCUT2D eigenvalue weighted by atomic mass is 10.1. The molecule has 0 fully saturated rings. The third-order valence-corrected chi connectivity index (χ3v) is 3.37. The van der Waals surface area contributed by atoms with Crippen LogP contribution in [0.1, 0.15) is 30.2 Å². The zero-order chi connectivity index (χ0) is 14.9. The molecular formula is C18H24N2O. The van der Waals surface area contributed by atoms with E-state index in [0.717, 1.165) is 37.4 Å². The summed E-state index contributed by atoms with van der Waals surface area (Å²) in [6, 6.07) is 12.3. The van der Waals surface area contributed by atoms with E-state index in [1.807, 2.05) is 24.4 Å². The Bertz CT molecular complexity index is 540. The fourth-order valence-electron chi connectivity index (χ4n) is 2.26. The van der Waals surface area contributed by atoms with Gasteiger partial charge in [0.2, 0.25) is 0 Å². The van der Waals surface area contributed by atoms with Crippen LogP contribution in [0.15, 0.2) is 42.6 Å². The molecule has 2 rings (SSSR count). The Hall–Kier alpha value is -1.87. The summed E-state index contributed by atoms with van der Waals surface area (Å²) < 4.78 is 6.02. The van der Waals surface area contributed by atoms with Crippen LogP contribution in [0, 0.1) is 6.92 Å². The molecule has 112 valence electrons. The summed E-state index contributed by atoms with van der Waals surface area (Å²) in [7, 11) is 0. The number of nitrogens with one attached hydrogen (secondary N) is 1. The fraction of sp³-hybridized carbons (Fsp3) is 0.389. The van der Waals surface area contributed by atoms with Crippen molar-refractivity contribution in [3.05, 3.63) is 59.4 Å². The molecule has 0 radical (unpaired) electrons. The van der Waals surface area contributed by atoms with Crippen LogP contribution in [-0.4, -0.2) is 18.1 Å². The van der Waals surface area contributed by atoms with Gasteiger partial charge < -0.3 is 10.1 Å². The van der Waals surface area contributed by atoms with Gasteiger partial charge in [0.25, 0.3) is 0 Å². The molecule has 3 nitrogen and oxygen atoms in total. The van der Waals surface area contributed by atoms with Crippen molar-refractivity contribution in [2.75, 3.05) is 13.2 Å². The van der Waals surface area contributed by atoms with Gasteiger partial charge in [0.05, 0.1) is 6.61 Å². The first-order chi connectivity index (χ1) is 10.3. The van der Waals surface area contributed by atoms with E-state index < -0.39 is 0 Å². The van der Waals surface area contributed by atoms with Crippen LogP contribution in [0.4, 0.5) is 0 Å². The minimum Gasteiger partial charge on any atom is -0.493 e. The van der Waals surface area contributed by atoms with Crippen molar-refractivity contribution in [3.63, 3.8) is 0 Å². The second kappa shape index (κ2) is 8.42. The highest BCUT2D eigenvalue weighted by atomic mass is 16.5. The van der Waals surface area contributed by atoms with Gasteiger partial charge in [-0.1, -0.05) is 31.2 Å². The van der Waals surface area contributed by atoms with E-state index in [2.05, 4.69) is 42.3 Å². The number of rotatable bonds is 8. The van der Waals surface area contributed by atoms with Gasteiger partial charge in [0.15, 0.2) is 0 Å². The molecule has 0 aliphatic heterocycles. The molecular weight excluding hydrogens is 260 g/mol. The highest BCUT2D eigenvalue weighted by molar-refractivity contribution is 5.40. The van der Waals surface area contributed by atoms with Gasteiger partial charge in [-0.15, -0.1) is 0 Å². The molecule has 0 spiro atoms. The summed E-state index contributed by atoms with van der Waals surface area (Å²) in [4.78, 5) is 4.32. The zero-order valence-electron chi connectivity index (χ0n) is 12.9. The molecule has 1 heterocycles. The third kappa shape index (κ3) is 4.87. The molecule has 0 amide bonds. The standard InChI is InChI=1S/C18H24N2O/c1-3-11-19-14-16-8-6-7-15(2)18(16)21-13-10-17-9-4-5-12-20-17/h4-9,12,19H,3,10-11,13-14H2,1-2H3. The predicted molar refractivity (Wildman–Crippen MR) is 86.6 cm³/mol. The maximum absolute atomic E-state index is 6.02. The quantitative estimate of drug-likeness (QED) is 0.753. The molecule has 1 aromatic heterocycles. The first kappa shape index (κ1) is 15.5. The first-order valence-electron chi connectivity index (χ1n) is 7.63. The number of ether oxygens (including phenoxy) is 1. The molecule has 1 aromatic carbocycles. The smallest absolute Gasteiger partial charge is 0.126 e. The summed E-state index contributed by atoms with van der Waals surface area (Å²) in [5, 5.41) is 3.43. The van der Waals surface area contributed by atoms with Crippen LogP contribution in [0.2, 0.25) is 0 Å². The van der Waals surface area contributed by atoms with Gasteiger partial charge in [-0.2, -0.15) is 0 Å². The molecule has 0 bridgehead atoms. The van der Waals surface area contributed by atoms with Gasteiger partial charge in [-0.3, -0.25) is 4.98 Å². The molecule has 3 heteroatoms. The molecule has 0 saturated carbocycles. The van der Waals surface area contributed by atoms with E-state index in [-0.39, 0.29) is 0 Å². The van der Waals surface area contributed by atoms with E-state index in [1.54, 1.807) is 0 Å². The minimum atomic E-state index is 0.655. The Labute approximate surface area is 127 Å². The van der Waals surface area contributed by atoms with Crippen molar-refractivity contribution in [1.29, 1.82) is 0 Å². The highest BCUT2D eigenvalue weighted by Gasteiger charge is 2.07. The van der Waals surface area contributed by atoms with Gasteiger partial charge in [-0.25, -0.2) is 0 Å². The average molecular weight is 284 g/mol. The van der Waals surface area contributed by atoms with Crippen molar-refractivity contribution in [2.45, 2.75) is 33.2 Å². The van der Waals surface area contributed by atoms with Crippen LogP contribution >= 0.6 is 0 Å². The lowest BCUT2D eigenvalue weighted by Crippen LogP contribution is -2.15. The third-order valence-electron chi connectivity index (χ3n) is 3.37. The topological polar surface area (TPSA) is 34.1 Å². The summed E-state index contributed by atoms with van der Waals surface area (Å²) in [6.45, 7) is 6.81. The number of aryl methyl sites for hydroxylation is 1. The van der Waals surface area contributed by atoms with Crippen molar-refractivity contribution in [2.24, 2.45) is 0 Å². The van der Waals surface area contributed by atoms with Crippen LogP contribution < -0.4 is 10.1 Å². The van der Waals surface area contributed by atoms with Gasteiger partial charge in [-0.05, 0) is 37.6 Å². The van der Waals surface area contributed by atoms with E-state index in [0.29, 0.717) is 6.61 Å². The maximum atomic E-state index is 6.02. The maximum Gasteiger partial charge on any atom is 0.126 e. The van der Waals surface area contributed by atoms with Crippen molar-refractivity contribution in [1.82, 2.24) is 10.3 Å². The van der Waals surface area contributed by atoms with E-state index >= 15 is 0 Å². The molecule has 2 aromatic rings. The van der Waals surface area contributed by atoms with Crippen molar-refractivity contribution >= 4 is 0 Å². The summed E-state index contributed by atoms with van der Waals surface area (Å²) in [5.74, 6) is 1.01. The van der Waals surface area contributed by atoms with Gasteiger partial charge >= 0.3 is 0 Å². The molecule has 0 atom stereocenters. The molecule has 21 heavy (non-hydrogen) atoms. The Morgan fingerprint density at radius 1 is 1.14 bits per heavy atom. The van der Waals surface area contributed by atoms with Crippen LogP contribution in [0.5, 0.6) is 5.75 Å². The summed E-state index contributed by atoms with van der Waals surface area (Å²) in [5.41, 5.74) is 3.48. The average Bonchev–Trinajstić information content (AvgIpc) is 2.51. The molecule has 1 N–H and O–H groups in total. The molecule has 0 aliphatic rings. The Kier molecular flexibility index (Phi) is 6.22. The van der Waals surface area contributed by atoms with Gasteiger partial charge in [0.1, 0.15) is 5.75 Å². The minimum absolute atomic E-state index is 0.655. The first-order valence-corrected chi connectivity index (χ1v) is 7.63. The molecule has 0 aliphatic carbocycles. The van der Waals surface area contributed by atoms with Crippen LogP contribution in [-0.2, 0) is 13.0 Å². The number of aromatic nitrogens is 1. The Balaban J connectivity index is 1.94. The van der Waals surface area contributed by atoms with E-state index in [4.69, 9.17) is 4.74 Å². The Morgan fingerprint density at radius 3 is 2.81 bits per heavy atom. The highest BCUT2D eigenvalue weighted by Crippen LogP contribution is 2.23. The van der Waals surface area contributed by atoms with Crippen LogP contribution in [0.3, 0.4) is 0 Å². The number of para-hydroxylation sites is 1. The summed E-state index contributed by atoms with van der Waals surface area (Å²) in [6.07, 6.45) is 3.79. The number of benzene rings is 1. The van der Waals surface area contributed by atoms with Crippen LogP contribution in [0.25, 0.3) is 0 Å². The monoisotopic (exact) mass is 284 g/mol. The van der Waals surface area contributed by atoms with E-state index in [1.165, 1.54) is 11.1 Å². The Morgan fingerprint density at radius 2 is 2.05 bits per heavy atom. The van der Waals surface area contributed by atoms with Crippen molar-refractivity contribution < 1.29 is 4.74 Å². The number of hydrogen-bond acceptors (Lipinski definition) is 3. The number of nitrogens with zero attached hydrogens (tertiary/aromatic N) is 1. The fourth-order valence-corrected chi connectivity index (χ4v) is 2.26. The lowest BCUT2D eigenvalue weighted by molar-refractivity contribution is 0.314.